The number of carbonyl (C=O) groups excluding carboxylic acids is 2. The lowest BCUT2D eigenvalue weighted by Crippen LogP contribution is -2.42. The fourth-order valence-electron chi connectivity index (χ4n) is 1.61. The SMILES string of the molecule is CCC(CC(=O)O)NC(=O)C1=NN(C)C(=O)CC1. The molecule has 2 N–H and O–H groups in total. The summed E-state index contributed by atoms with van der Waals surface area (Å²) in [6.45, 7) is 1.80. The number of rotatable bonds is 5. The maximum atomic E-state index is 11.8. The average molecular weight is 255 g/mol. The Hall–Kier alpha value is -1.92. The molecule has 0 fully saturated rings. The summed E-state index contributed by atoms with van der Waals surface area (Å²) in [4.78, 5) is 33.6. The first kappa shape index (κ1) is 14.1. The van der Waals surface area contributed by atoms with Gasteiger partial charge in [0.2, 0.25) is 5.91 Å². The second kappa shape index (κ2) is 6.13. The fourth-order valence-corrected chi connectivity index (χ4v) is 1.61. The molecule has 7 nitrogen and oxygen atoms in total. The van der Waals surface area contributed by atoms with Gasteiger partial charge in [-0.05, 0) is 6.42 Å². The smallest absolute Gasteiger partial charge is 0.305 e. The zero-order valence-electron chi connectivity index (χ0n) is 10.5. The Kier molecular flexibility index (Phi) is 4.82. The highest BCUT2D eigenvalue weighted by Crippen LogP contribution is 2.08. The third kappa shape index (κ3) is 3.83. The Labute approximate surface area is 105 Å². The van der Waals surface area contributed by atoms with E-state index in [1.165, 1.54) is 7.05 Å². The number of carboxylic acid groups (broad SMARTS) is 1. The predicted molar refractivity (Wildman–Crippen MR) is 63.9 cm³/mol. The van der Waals surface area contributed by atoms with Crippen LogP contribution in [0.2, 0.25) is 0 Å². The Morgan fingerprint density at radius 2 is 2.17 bits per heavy atom. The third-order valence-corrected chi connectivity index (χ3v) is 2.72. The first-order valence-corrected chi connectivity index (χ1v) is 5.80. The van der Waals surface area contributed by atoms with Crippen molar-refractivity contribution in [3.05, 3.63) is 0 Å². The number of nitrogens with one attached hydrogen (secondary N) is 1. The Bertz CT molecular complexity index is 392. The van der Waals surface area contributed by atoms with Gasteiger partial charge >= 0.3 is 5.97 Å². The molecule has 2 amide bonds. The van der Waals surface area contributed by atoms with E-state index >= 15 is 0 Å². The van der Waals surface area contributed by atoms with Gasteiger partial charge in [-0.2, -0.15) is 5.10 Å². The summed E-state index contributed by atoms with van der Waals surface area (Å²) in [6.07, 6.45) is 0.946. The van der Waals surface area contributed by atoms with Crippen LogP contribution in [0.3, 0.4) is 0 Å². The maximum absolute atomic E-state index is 11.8. The molecular weight excluding hydrogens is 238 g/mol. The maximum Gasteiger partial charge on any atom is 0.305 e. The van der Waals surface area contributed by atoms with Crippen LogP contribution in [-0.4, -0.2) is 46.7 Å². The highest BCUT2D eigenvalue weighted by molar-refractivity contribution is 6.39. The largest absolute Gasteiger partial charge is 0.481 e. The number of amides is 2. The van der Waals surface area contributed by atoms with Crippen LogP contribution in [0.25, 0.3) is 0 Å². The molecule has 0 aromatic rings. The Morgan fingerprint density at radius 3 is 2.67 bits per heavy atom. The molecule has 0 aromatic carbocycles. The highest BCUT2D eigenvalue weighted by Gasteiger charge is 2.23. The molecule has 1 rings (SSSR count). The molecule has 0 spiro atoms. The quantitative estimate of drug-likeness (QED) is 0.720. The fraction of sp³-hybridized carbons (Fsp3) is 0.636. The molecular formula is C11H17N3O4. The van der Waals surface area contributed by atoms with E-state index in [0.717, 1.165) is 5.01 Å². The van der Waals surface area contributed by atoms with E-state index in [2.05, 4.69) is 10.4 Å². The van der Waals surface area contributed by atoms with Gasteiger partial charge in [0.25, 0.3) is 5.91 Å². The van der Waals surface area contributed by atoms with Crippen LogP contribution in [0, 0.1) is 0 Å². The molecule has 1 atom stereocenters. The second-order valence-electron chi connectivity index (χ2n) is 4.14. The molecule has 0 aliphatic carbocycles. The highest BCUT2D eigenvalue weighted by atomic mass is 16.4. The molecule has 7 heteroatoms. The molecule has 18 heavy (non-hydrogen) atoms. The van der Waals surface area contributed by atoms with Crippen molar-refractivity contribution >= 4 is 23.5 Å². The zero-order valence-corrected chi connectivity index (χ0v) is 10.5. The van der Waals surface area contributed by atoms with Crippen molar-refractivity contribution in [1.29, 1.82) is 0 Å². The first-order chi connectivity index (χ1) is 8.43. The normalized spacial score (nSPS) is 17.1. The van der Waals surface area contributed by atoms with Gasteiger partial charge in [-0.3, -0.25) is 14.4 Å². The van der Waals surface area contributed by atoms with Gasteiger partial charge in [0, 0.05) is 25.9 Å². The number of hydrogen-bond acceptors (Lipinski definition) is 4. The third-order valence-electron chi connectivity index (χ3n) is 2.72. The van der Waals surface area contributed by atoms with Crippen molar-refractivity contribution in [3.63, 3.8) is 0 Å². The molecule has 1 aliphatic heterocycles. The number of nitrogens with zero attached hydrogens (tertiary/aromatic N) is 2. The van der Waals surface area contributed by atoms with E-state index in [0.29, 0.717) is 12.8 Å². The van der Waals surface area contributed by atoms with E-state index in [9.17, 15) is 14.4 Å². The molecule has 1 aliphatic rings. The van der Waals surface area contributed by atoms with Crippen LogP contribution in [0.4, 0.5) is 0 Å². The average Bonchev–Trinajstić information content (AvgIpc) is 2.31. The summed E-state index contributed by atoms with van der Waals surface area (Å²) < 4.78 is 0. The monoisotopic (exact) mass is 255 g/mol. The van der Waals surface area contributed by atoms with Gasteiger partial charge in [-0.1, -0.05) is 6.92 Å². The lowest BCUT2D eigenvalue weighted by molar-refractivity contribution is -0.137. The molecule has 1 unspecified atom stereocenters. The van der Waals surface area contributed by atoms with Crippen LogP contribution < -0.4 is 5.32 Å². The Morgan fingerprint density at radius 1 is 1.50 bits per heavy atom. The number of hydrogen-bond donors (Lipinski definition) is 2. The minimum absolute atomic E-state index is 0.121. The van der Waals surface area contributed by atoms with E-state index in [-0.39, 0.29) is 24.5 Å². The van der Waals surface area contributed by atoms with Crippen LogP contribution >= 0.6 is 0 Å². The first-order valence-electron chi connectivity index (χ1n) is 5.80. The number of hydrazone groups is 1. The molecule has 100 valence electrons. The van der Waals surface area contributed by atoms with Gasteiger partial charge in [0.05, 0.1) is 6.42 Å². The molecule has 0 saturated carbocycles. The molecule has 0 saturated heterocycles. The molecule has 0 radical (unpaired) electrons. The molecule has 1 heterocycles. The van der Waals surface area contributed by atoms with Crippen molar-refractivity contribution in [1.82, 2.24) is 10.3 Å². The minimum Gasteiger partial charge on any atom is -0.481 e. The summed E-state index contributed by atoms with van der Waals surface area (Å²) in [6, 6.07) is -0.416. The summed E-state index contributed by atoms with van der Waals surface area (Å²) in [5, 5.41) is 16.3. The number of carbonyl (C=O) groups is 3. The molecule has 0 bridgehead atoms. The summed E-state index contributed by atoms with van der Waals surface area (Å²) >= 11 is 0. The number of aliphatic carboxylic acids is 1. The Balaban J connectivity index is 2.62. The van der Waals surface area contributed by atoms with Crippen molar-refractivity contribution in [3.8, 4) is 0 Å². The van der Waals surface area contributed by atoms with Gasteiger partial charge in [-0.15, -0.1) is 0 Å². The summed E-state index contributed by atoms with van der Waals surface area (Å²) in [5.41, 5.74) is 0.265. The van der Waals surface area contributed by atoms with E-state index in [1.54, 1.807) is 6.92 Å². The van der Waals surface area contributed by atoms with Crippen molar-refractivity contribution in [2.75, 3.05) is 7.05 Å². The number of carboxylic acids is 1. The van der Waals surface area contributed by atoms with Crippen LogP contribution in [0.15, 0.2) is 5.10 Å². The summed E-state index contributed by atoms with van der Waals surface area (Å²) in [7, 11) is 1.49. The topological polar surface area (TPSA) is 99.1 Å². The van der Waals surface area contributed by atoms with E-state index in [1.807, 2.05) is 0 Å². The molecule has 0 aromatic heterocycles. The van der Waals surface area contributed by atoms with Gasteiger partial charge in [0.15, 0.2) is 0 Å². The predicted octanol–water partition coefficient (Wildman–Crippen LogP) is -0.0359. The standard InChI is InChI=1S/C11H17N3O4/c1-3-7(6-10(16)17)12-11(18)8-4-5-9(15)14(2)13-8/h7H,3-6H2,1-2H3,(H,12,18)(H,16,17). The van der Waals surface area contributed by atoms with Crippen molar-refractivity contribution in [2.45, 2.75) is 38.6 Å². The lowest BCUT2D eigenvalue weighted by atomic mass is 10.1. The van der Waals surface area contributed by atoms with Crippen molar-refractivity contribution in [2.24, 2.45) is 5.10 Å². The zero-order chi connectivity index (χ0) is 13.7. The summed E-state index contributed by atoms with van der Waals surface area (Å²) in [5.74, 6) is -1.49. The van der Waals surface area contributed by atoms with Gasteiger partial charge in [-0.25, -0.2) is 5.01 Å². The van der Waals surface area contributed by atoms with E-state index in [4.69, 9.17) is 5.11 Å². The van der Waals surface area contributed by atoms with Crippen molar-refractivity contribution < 1.29 is 19.5 Å². The van der Waals surface area contributed by atoms with Crippen LogP contribution in [-0.2, 0) is 14.4 Å². The van der Waals surface area contributed by atoms with Gasteiger partial charge in [0.1, 0.15) is 5.71 Å². The van der Waals surface area contributed by atoms with Crippen LogP contribution in [0.5, 0.6) is 0 Å². The van der Waals surface area contributed by atoms with Crippen LogP contribution in [0.1, 0.15) is 32.6 Å². The second-order valence-corrected chi connectivity index (χ2v) is 4.14. The van der Waals surface area contributed by atoms with E-state index < -0.39 is 17.9 Å². The minimum atomic E-state index is -0.958. The van der Waals surface area contributed by atoms with Gasteiger partial charge < -0.3 is 10.4 Å². The lowest BCUT2D eigenvalue weighted by Gasteiger charge is -2.21.